The van der Waals surface area contributed by atoms with Crippen LogP contribution in [0.3, 0.4) is 0 Å². The maximum atomic E-state index is 13.6. The molecule has 0 fully saturated rings. The number of benzene rings is 1. The molecule has 0 amide bonds. The lowest BCUT2D eigenvalue weighted by Crippen LogP contribution is -2.36. The van der Waals surface area contributed by atoms with Crippen molar-refractivity contribution in [3.63, 3.8) is 0 Å². The molecule has 0 heterocycles. The Hall–Kier alpha value is -0.570. The Balaban J connectivity index is 2.85. The summed E-state index contributed by atoms with van der Waals surface area (Å²) in [5, 5.41) is 0. The number of nitrogens with one attached hydrogen (secondary N) is 1. The van der Waals surface area contributed by atoms with Gasteiger partial charge in [0.25, 0.3) is 0 Å². The molecule has 0 radical (unpaired) electrons. The van der Waals surface area contributed by atoms with E-state index in [1.807, 2.05) is 25.8 Å². The number of hydrogen-bond donors (Lipinski definition) is 1. The molecule has 0 bridgehead atoms. The molecule has 114 valence electrons. The normalized spacial score (nSPS) is 12.4. The van der Waals surface area contributed by atoms with Gasteiger partial charge in [-0.25, -0.2) is 21.9 Å². The van der Waals surface area contributed by atoms with Gasteiger partial charge >= 0.3 is 0 Å². The van der Waals surface area contributed by atoms with E-state index in [2.05, 4.69) is 20.7 Å². The van der Waals surface area contributed by atoms with Gasteiger partial charge in [0, 0.05) is 29.7 Å². The van der Waals surface area contributed by atoms with Crippen LogP contribution < -0.4 is 4.72 Å². The second kappa shape index (κ2) is 6.93. The van der Waals surface area contributed by atoms with Crippen molar-refractivity contribution in [3.8, 4) is 0 Å². The second-order valence-corrected chi connectivity index (χ2v) is 7.23. The first-order valence-electron chi connectivity index (χ1n) is 5.99. The first-order chi connectivity index (χ1) is 9.15. The molecule has 0 aromatic heterocycles. The van der Waals surface area contributed by atoms with Gasteiger partial charge in [0.1, 0.15) is 16.5 Å². The molecule has 1 aromatic rings. The van der Waals surface area contributed by atoms with Crippen LogP contribution in [0.1, 0.15) is 13.8 Å². The summed E-state index contributed by atoms with van der Waals surface area (Å²) in [7, 11) is -2.17. The molecule has 0 aliphatic heterocycles. The summed E-state index contributed by atoms with van der Waals surface area (Å²) in [6.07, 6.45) is 0. The van der Waals surface area contributed by atoms with Crippen LogP contribution in [0.5, 0.6) is 0 Å². The molecule has 4 nitrogen and oxygen atoms in total. The summed E-state index contributed by atoms with van der Waals surface area (Å²) in [5.74, 6) is -1.96. The van der Waals surface area contributed by atoms with Crippen LogP contribution in [-0.2, 0) is 10.0 Å². The largest absolute Gasteiger partial charge is 0.303 e. The fraction of sp³-hybridized carbons (Fsp3) is 0.500. The predicted molar refractivity (Wildman–Crippen MR) is 77.0 cm³/mol. The van der Waals surface area contributed by atoms with E-state index in [1.54, 1.807) is 0 Å². The maximum absolute atomic E-state index is 13.6. The molecular weight excluding hydrogens is 354 g/mol. The highest BCUT2D eigenvalue weighted by Crippen LogP contribution is 2.25. The minimum atomic E-state index is -4.02. The van der Waals surface area contributed by atoms with Crippen molar-refractivity contribution in [3.05, 3.63) is 28.2 Å². The zero-order valence-electron chi connectivity index (χ0n) is 11.5. The van der Waals surface area contributed by atoms with Gasteiger partial charge in [-0.15, -0.1) is 0 Å². The number of nitrogens with zero attached hydrogens (tertiary/aromatic N) is 1. The lowest BCUT2D eigenvalue weighted by molar-refractivity contribution is 0.278. The van der Waals surface area contributed by atoms with Crippen LogP contribution in [0.15, 0.2) is 21.5 Å². The van der Waals surface area contributed by atoms with E-state index < -0.39 is 26.6 Å². The molecule has 0 saturated carbocycles. The molecule has 0 unspecified atom stereocenters. The Morgan fingerprint density at radius 3 is 2.45 bits per heavy atom. The number of sulfonamides is 1. The molecule has 20 heavy (non-hydrogen) atoms. The summed E-state index contributed by atoms with van der Waals surface area (Å²) >= 11 is 2.87. The van der Waals surface area contributed by atoms with Crippen LogP contribution in [0, 0.1) is 11.6 Å². The SMILES string of the molecule is CC(C)N(C)CCNS(=O)(=O)c1c(F)cc(F)cc1Br. The lowest BCUT2D eigenvalue weighted by atomic mass is 10.3. The van der Waals surface area contributed by atoms with E-state index in [9.17, 15) is 17.2 Å². The molecule has 0 atom stereocenters. The monoisotopic (exact) mass is 370 g/mol. The minimum absolute atomic E-state index is 0.139. The van der Waals surface area contributed by atoms with E-state index in [-0.39, 0.29) is 17.1 Å². The zero-order chi connectivity index (χ0) is 15.5. The number of likely N-dealkylation sites (N-methyl/N-ethyl adjacent to an activating group) is 1. The lowest BCUT2D eigenvalue weighted by Gasteiger charge is -2.21. The van der Waals surface area contributed by atoms with Crippen LogP contribution in [-0.4, -0.2) is 39.5 Å². The summed E-state index contributed by atoms with van der Waals surface area (Å²) in [5.41, 5.74) is 0. The van der Waals surface area contributed by atoms with Crippen LogP contribution in [0.2, 0.25) is 0 Å². The Bertz CT molecular complexity index is 556. The van der Waals surface area contributed by atoms with Crippen LogP contribution >= 0.6 is 15.9 Å². The molecule has 0 saturated heterocycles. The smallest absolute Gasteiger partial charge is 0.244 e. The minimum Gasteiger partial charge on any atom is -0.303 e. The fourth-order valence-electron chi connectivity index (χ4n) is 1.47. The van der Waals surface area contributed by atoms with Crippen molar-refractivity contribution in [2.45, 2.75) is 24.8 Å². The van der Waals surface area contributed by atoms with E-state index in [1.165, 1.54) is 0 Å². The molecule has 0 spiro atoms. The van der Waals surface area contributed by atoms with Gasteiger partial charge in [0.2, 0.25) is 10.0 Å². The topological polar surface area (TPSA) is 49.4 Å². The zero-order valence-corrected chi connectivity index (χ0v) is 13.9. The maximum Gasteiger partial charge on any atom is 0.244 e. The van der Waals surface area contributed by atoms with Gasteiger partial charge in [0.05, 0.1) is 0 Å². The van der Waals surface area contributed by atoms with Crippen LogP contribution in [0.25, 0.3) is 0 Å². The number of hydrogen-bond acceptors (Lipinski definition) is 3. The number of halogens is 3. The van der Waals surface area contributed by atoms with Gasteiger partial charge in [-0.1, -0.05) is 0 Å². The van der Waals surface area contributed by atoms with Crippen molar-refractivity contribution >= 4 is 26.0 Å². The van der Waals surface area contributed by atoms with Gasteiger partial charge in [0.15, 0.2) is 0 Å². The third kappa shape index (κ3) is 4.47. The van der Waals surface area contributed by atoms with E-state index in [4.69, 9.17) is 0 Å². The van der Waals surface area contributed by atoms with E-state index >= 15 is 0 Å². The molecular formula is C12H17BrF2N2O2S. The van der Waals surface area contributed by atoms with Crippen molar-refractivity contribution in [2.75, 3.05) is 20.1 Å². The molecule has 1 aromatic carbocycles. The van der Waals surface area contributed by atoms with Crippen molar-refractivity contribution in [2.24, 2.45) is 0 Å². The first kappa shape index (κ1) is 17.5. The fourth-order valence-corrected chi connectivity index (χ4v) is 3.66. The quantitative estimate of drug-likeness (QED) is 0.835. The Morgan fingerprint density at radius 2 is 1.95 bits per heavy atom. The highest BCUT2D eigenvalue weighted by Gasteiger charge is 2.23. The van der Waals surface area contributed by atoms with Crippen molar-refractivity contribution in [1.82, 2.24) is 9.62 Å². The van der Waals surface area contributed by atoms with Gasteiger partial charge in [-0.3, -0.25) is 0 Å². The molecule has 1 rings (SSSR count). The van der Waals surface area contributed by atoms with Gasteiger partial charge in [-0.2, -0.15) is 0 Å². The Morgan fingerprint density at radius 1 is 1.35 bits per heavy atom. The highest BCUT2D eigenvalue weighted by molar-refractivity contribution is 9.10. The Kier molecular flexibility index (Phi) is 6.06. The molecule has 0 aliphatic carbocycles. The highest BCUT2D eigenvalue weighted by atomic mass is 79.9. The van der Waals surface area contributed by atoms with Crippen molar-refractivity contribution in [1.29, 1.82) is 0 Å². The summed E-state index contributed by atoms with van der Waals surface area (Å²) in [6, 6.07) is 1.73. The molecule has 1 N–H and O–H groups in total. The van der Waals surface area contributed by atoms with Gasteiger partial charge in [-0.05, 0) is 42.9 Å². The predicted octanol–water partition coefficient (Wildman–Crippen LogP) is 2.35. The summed E-state index contributed by atoms with van der Waals surface area (Å²) < 4.78 is 52.8. The third-order valence-corrected chi connectivity index (χ3v) is 5.29. The molecule has 0 aliphatic rings. The standard InChI is InChI=1S/C12H17BrF2N2O2S/c1-8(2)17(3)5-4-16-20(18,19)12-10(13)6-9(14)7-11(12)15/h6-8,16H,4-5H2,1-3H3. The van der Waals surface area contributed by atoms with Crippen molar-refractivity contribution < 1.29 is 17.2 Å². The average molecular weight is 371 g/mol. The Labute approximate surface area is 126 Å². The van der Waals surface area contributed by atoms with Crippen LogP contribution in [0.4, 0.5) is 8.78 Å². The molecule has 8 heteroatoms. The average Bonchev–Trinajstić information content (AvgIpc) is 2.26. The summed E-state index contributed by atoms with van der Waals surface area (Å²) in [6.45, 7) is 4.58. The second-order valence-electron chi connectivity index (χ2n) is 4.67. The third-order valence-electron chi connectivity index (χ3n) is 2.87. The summed E-state index contributed by atoms with van der Waals surface area (Å²) in [4.78, 5) is 1.37. The first-order valence-corrected chi connectivity index (χ1v) is 8.27. The van der Waals surface area contributed by atoms with E-state index in [0.717, 1.165) is 6.07 Å². The van der Waals surface area contributed by atoms with E-state index in [0.29, 0.717) is 12.6 Å². The van der Waals surface area contributed by atoms with Gasteiger partial charge < -0.3 is 4.90 Å². The number of rotatable bonds is 6.